The van der Waals surface area contributed by atoms with Crippen LogP contribution in [0.4, 0.5) is 11.4 Å². The number of likely N-dealkylation sites (N-methyl/N-ethyl adjacent to an activating group) is 1. The molecule has 0 unspecified atom stereocenters. The third-order valence-electron chi connectivity index (χ3n) is 5.83. The van der Waals surface area contributed by atoms with Gasteiger partial charge in [-0.3, -0.25) is 9.59 Å². The number of hydrogen-bond acceptors (Lipinski definition) is 2. The summed E-state index contributed by atoms with van der Waals surface area (Å²) in [5, 5.41) is 0. The molecule has 4 heteroatoms. The molecule has 0 aromatic heterocycles. The van der Waals surface area contributed by atoms with Gasteiger partial charge in [0, 0.05) is 29.0 Å². The lowest BCUT2D eigenvalue weighted by Gasteiger charge is -2.24. The molecular formula is C24H20N2O2. The summed E-state index contributed by atoms with van der Waals surface area (Å²) in [4.78, 5) is 31.1. The maximum absolute atomic E-state index is 13.9. The zero-order valence-corrected chi connectivity index (χ0v) is 15.6. The third kappa shape index (κ3) is 2.00. The van der Waals surface area contributed by atoms with Crippen LogP contribution in [-0.4, -0.2) is 18.4 Å². The summed E-state index contributed by atoms with van der Waals surface area (Å²) >= 11 is 0. The van der Waals surface area contributed by atoms with Gasteiger partial charge in [-0.15, -0.1) is 0 Å². The van der Waals surface area contributed by atoms with Crippen LogP contribution < -0.4 is 9.80 Å². The van der Waals surface area contributed by atoms with Crippen molar-refractivity contribution in [2.75, 3.05) is 16.3 Å². The average Bonchev–Trinajstić information content (AvgIpc) is 3.14. The van der Waals surface area contributed by atoms with E-state index in [0.717, 1.165) is 28.1 Å². The van der Waals surface area contributed by atoms with Gasteiger partial charge in [-0.05, 0) is 24.6 Å². The Morgan fingerprint density at radius 2 is 1.18 bits per heavy atom. The summed E-state index contributed by atoms with van der Waals surface area (Å²) in [6.45, 7) is 2.92. The predicted octanol–water partition coefficient (Wildman–Crippen LogP) is 3.89. The molecule has 2 heterocycles. The largest absolute Gasteiger partial charge is 0.311 e. The topological polar surface area (TPSA) is 40.6 Å². The number of fused-ring (bicyclic) bond motifs is 4. The van der Waals surface area contributed by atoms with Gasteiger partial charge in [-0.2, -0.15) is 0 Å². The Balaban J connectivity index is 1.73. The van der Waals surface area contributed by atoms with E-state index in [9.17, 15) is 9.59 Å². The zero-order chi connectivity index (χ0) is 19.3. The molecule has 0 saturated carbocycles. The lowest BCUT2D eigenvalue weighted by molar-refractivity contribution is -0.131. The van der Waals surface area contributed by atoms with Crippen LogP contribution in [-0.2, 0) is 21.5 Å². The molecule has 0 saturated heterocycles. The Morgan fingerprint density at radius 3 is 1.79 bits per heavy atom. The van der Waals surface area contributed by atoms with Crippen molar-refractivity contribution in [2.45, 2.75) is 18.9 Å². The molecule has 2 aliphatic rings. The van der Waals surface area contributed by atoms with E-state index in [1.165, 1.54) is 0 Å². The maximum Gasteiger partial charge on any atom is 0.252 e. The van der Waals surface area contributed by atoms with Gasteiger partial charge in [0.2, 0.25) is 0 Å². The molecule has 2 aliphatic heterocycles. The number of carbonyl (C=O) groups is 2. The van der Waals surface area contributed by atoms with Crippen molar-refractivity contribution in [2.24, 2.45) is 0 Å². The predicted molar refractivity (Wildman–Crippen MR) is 109 cm³/mol. The fraction of sp³-hybridized carbons (Fsp3) is 0.167. The highest BCUT2D eigenvalue weighted by molar-refractivity contribution is 6.31. The first-order chi connectivity index (χ1) is 13.7. The second-order valence-electron chi connectivity index (χ2n) is 7.21. The van der Waals surface area contributed by atoms with Gasteiger partial charge in [0.05, 0.1) is 6.54 Å². The van der Waals surface area contributed by atoms with Crippen LogP contribution in [0.15, 0.2) is 78.9 Å². The van der Waals surface area contributed by atoms with Crippen molar-refractivity contribution in [3.05, 3.63) is 95.6 Å². The smallest absolute Gasteiger partial charge is 0.252 e. The minimum absolute atomic E-state index is 0.149. The summed E-state index contributed by atoms with van der Waals surface area (Å²) < 4.78 is 0. The van der Waals surface area contributed by atoms with Crippen molar-refractivity contribution in [1.29, 1.82) is 0 Å². The van der Waals surface area contributed by atoms with Crippen molar-refractivity contribution < 1.29 is 9.59 Å². The van der Waals surface area contributed by atoms with Crippen molar-refractivity contribution in [1.82, 2.24) is 0 Å². The van der Waals surface area contributed by atoms with Crippen LogP contribution in [0, 0.1) is 0 Å². The van der Waals surface area contributed by atoms with Gasteiger partial charge in [0.15, 0.2) is 5.41 Å². The molecule has 138 valence electrons. The lowest BCUT2D eigenvalue weighted by Crippen LogP contribution is -2.48. The fourth-order valence-corrected chi connectivity index (χ4v) is 4.61. The number of para-hydroxylation sites is 2. The van der Waals surface area contributed by atoms with Crippen molar-refractivity contribution in [3.8, 4) is 0 Å². The Labute approximate surface area is 164 Å². The van der Waals surface area contributed by atoms with Crippen LogP contribution in [0.2, 0.25) is 0 Å². The van der Waals surface area contributed by atoms with E-state index in [1.54, 1.807) is 9.80 Å². The Kier molecular flexibility index (Phi) is 3.63. The van der Waals surface area contributed by atoms with Gasteiger partial charge in [0.25, 0.3) is 11.8 Å². The quantitative estimate of drug-likeness (QED) is 0.658. The second kappa shape index (κ2) is 6.06. The molecule has 0 bridgehead atoms. The summed E-state index contributed by atoms with van der Waals surface area (Å²) in [6, 6.07) is 25.3. The Bertz CT molecular complexity index is 1090. The molecule has 3 aromatic carbocycles. The van der Waals surface area contributed by atoms with E-state index in [-0.39, 0.29) is 11.8 Å². The third-order valence-corrected chi connectivity index (χ3v) is 5.83. The number of nitrogens with zero attached hydrogens (tertiary/aromatic N) is 2. The zero-order valence-electron chi connectivity index (χ0n) is 15.6. The highest BCUT2D eigenvalue weighted by Gasteiger charge is 2.63. The number of amides is 2. The minimum atomic E-state index is -1.28. The number of carbonyl (C=O) groups excluding carboxylic acids is 2. The van der Waals surface area contributed by atoms with Crippen LogP contribution >= 0.6 is 0 Å². The molecule has 0 aliphatic carbocycles. The molecule has 1 spiro atoms. The first-order valence-corrected chi connectivity index (χ1v) is 9.56. The monoisotopic (exact) mass is 368 g/mol. The van der Waals surface area contributed by atoms with E-state index in [0.29, 0.717) is 13.1 Å². The number of rotatable bonds is 3. The molecule has 1 atom stereocenters. The minimum Gasteiger partial charge on any atom is -0.311 e. The Hall–Kier alpha value is -3.40. The van der Waals surface area contributed by atoms with Gasteiger partial charge < -0.3 is 9.80 Å². The normalized spacial score (nSPS) is 20.0. The standard InChI is InChI=1S/C24H20N2O2/c1-2-25-20-14-8-6-12-18(20)24(22(25)27)19-13-7-9-15-21(19)26(23(24)28)16-17-10-4-3-5-11-17/h3-15H,2,16H2,1H3/t24-/m0/s1. The van der Waals surface area contributed by atoms with E-state index >= 15 is 0 Å². The molecule has 0 fully saturated rings. The molecule has 28 heavy (non-hydrogen) atoms. The summed E-state index contributed by atoms with van der Waals surface area (Å²) in [5.41, 5.74) is 2.97. The number of benzene rings is 3. The Morgan fingerprint density at radius 1 is 0.679 bits per heavy atom. The van der Waals surface area contributed by atoms with Gasteiger partial charge in [-0.1, -0.05) is 66.7 Å². The highest BCUT2D eigenvalue weighted by atomic mass is 16.2. The van der Waals surface area contributed by atoms with Crippen LogP contribution in [0.1, 0.15) is 23.6 Å². The van der Waals surface area contributed by atoms with E-state index in [4.69, 9.17) is 0 Å². The molecule has 5 rings (SSSR count). The van der Waals surface area contributed by atoms with Gasteiger partial charge in [-0.25, -0.2) is 0 Å². The lowest BCUT2D eigenvalue weighted by atomic mass is 9.76. The first-order valence-electron chi connectivity index (χ1n) is 9.56. The van der Waals surface area contributed by atoms with Gasteiger partial charge >= 0.3 is 0 Å². The summed E-state index contributed by atoms with van der Waals surface area (Å²) in [6.07, 6.45) is 0. The molecule has 3 aromatic rings. The number of hydrogen-bond donors (Lipinski definition) is 0. The van der Waals surface area contributed by atoms with E-state index in [1.807, 2.05) is 85.8 Å². The molecule has 0 radical (unpaired) electrons. The SMILES string of the molecule is CCN1C(=O)[C@]2(C(=O)N(Cc3ccccc3)c3ccccc32)c2ccccc21. The van der Waals surface area contributed by atoms with Crippen LogP contribution in [0.25, 0.3) is 0 Å². The first kappa shape index (κ1) is 16.8. The molecular weight excluding hydrogens is 348 g/mol. The molecule has 0 N–H and O–H groups in total. The highest BCUT2D eigenvalue weighted by Crippen LogP contribution is 2.54. The maximum atomic E-state index is 13.9. The van der Waals surface area contributed by atoms with E-state index < -0.39 is 5.41 Å². The number of anilines is 2. The average molecular weight is 368 g/mol. The van der Waals surface area contributed by atoms with Crippen LogP contribution in [0.5, 0.6) is 0 Å². The van der Waals surface area contributed by atoms with Crippen molar-refractivity contribution in [3.63, 3.8) is 0 Å². The molecule has 4 nitrogen and oxygen atoms in total. The summed E-state index contributed by atoms with van der Waals surface area (Å²) in [5.74, 6) is -0.310. The molecule has 2 amide bonds. The van der Waals surface area contributed by atoms with E-state index in [2.05, 4.69) is 0 Å². The summed E-state index contributed by atoms with van der Waals surface area (Å²) in [7, 11) is 0. The van der Waals surface area contributed by atoms with Crippen LogP contribution in [0.3, 0.4) is 0 Å². The van der Waals surface area contributed by atoms with Crippen molar-refractivity contribution >= 4 is 23.2 Å². The second-order valence-corrected chi connectivity index (χ2v) is 7.21. The van der Waals surface area contributed by atoms with Gasteiger partial charge in [0.1, 0.15) is 0 Å². The fourth-order valence-electron chi connectivity index (χ4n) is 4.61.